The summed E-state index contributed by atoms with van der Waals surface area (Å²) in [5.74, 6) is -0.846. The molecule has 1 aliphatic heterocycles. The van der Waals surface area contributed by atoms with E-state index in [9.17, 15) is 14.7 Å². The molecule has 1 aliphatic rings. The Morgan fingerprint density at radius 3 is 2.29 bits per heavy atom. The first-order valence-electron chi connectivity index (χ1n) is 7.88. The van der Waals surface area contributed by atoms with Gasteiger partial charge in [0.25, 0.3) is 0 Å². The number of rotatable bonds is 8. The first-order chi connectivity index (χ1) is 9.99. The van der Waals surface area contributed by atoms with Gasteiger partial charge in [-0.2, -0.15) is 0 Å². The lowest BCUT2D eigenvalue weighted by Crippen LogP contribution is -2.45. The van der Waals surface area contributed by atoms with Crippen LogP contribution in [-0.2, 0) is 9.59 Å². The first kappa shape index (κ1) is 17.9. The van der Waals surface area contributed by atoms with E-state index in [1.807, 2.05) is 0 Å². The van der Waals surface area contributed by atoms with E-state index in [4.69, 9.17) is 5.11 Å². The topological polar surface area (TPSA) is 89.9 Å². The van der Waals surface area contributed by atoms with Gasteiger partial charge in [0.15, 0.2) is 0 Å². The Labute approximate surface area is 126 Å². The molecule has 122 valence electrons. The zero-order valence-electron chi connectivity index (χ0n) is 13.0. The van der Waals surface area contributed by atoms with Gasteiger partial charge in [-0.05, 0) is 18.8 Å². The van der Waals surface area contributed by atoms with Crippen LogP contribution in [0.1, 0.15) is 39.5 Å². The molecule has 1 saturated heterocycles. The van der Waals surface area contributed by atoms with Crippen molar-refractivity contribution in [1.29, 1.82) is 0 Å². The third-order valence-electron chi connectivity index (χ3n) is 4.42. The second-order valence-corrected chi connectivity index (χ2v) is 5.77. The lowest BCUT2D eigenvalue weighted by Gasteiger charge is -2.30. The zero-order chi connectivity index (χ0) is 15.8. The van der Waals surface area contributed by atoms with Gasteiger partial charge in [-0.1, -0.05) is 26.7 Å². The van der Waals surface area contributed by atoms with Crippen LogP contribution in [0, 0.1) is 11.8 Å². The normalized spacial score (nSPS) is 18.0. The summed E-state index contributed by atoms with van der Waals surface area (Å²) in [5.41, 5.74) is 0. The van der Waals surface area contributed by atoms with Crippen LogP contribution < -0.4 is 5.32 Å². The molecule has 6 heteroatoms. The van der Waals surface area contributed by atoms with E-state index in [0.29, 0.717) is 32.5 Å². The zero-order valence-corrected chi connectivity index (χ0v) is 13.0. The van der Waals surface area contributed by atoms with E-state index in [1.54, 1.807) is 4.90 Å². The van der Waals surface area contributed by atoms with E-state index in [2.05, 4.69) is 19.2 Å². The molecule has 0 aromatic heterocycles. The maximum atomic E-state index is 12.0. The molecule has 3 N–H and O–H groups in total. The Kier molecular flexibility index (Phi) is 7.67. The molecule has 0 saturated carbocycles. The average molecular weight is 300 g/mol. The van der Waals surface area contributed by atoms with E-state index < -0.39 is 12.1 Å². The molecule has 0 aromatic rings. The summed E-state index contributed by atoms with van der Waals surface area (Å²) >= 11 is 0. The molecule has 1 fully saturated rings. The van der Waals surface area contributed by atoms with E-state index >= 15 is 0 Å². The molecule has 1 heterocycles. The fourth-order valence-corrected chi connectivity index (χ4v) is 2.81. The molecular weight excluding hydrogens is 272 g/mol. The Bertz CT molecular complexity index is 337. The number of likely N-dealkylation sites (tertiary alicyclic amines) is 1. The third kappa shape index (κ3) is 5.63. The Balaban J connectivity index is 2.24. The fourth-order valence-electron chi connectivity index (χ4n) is 2.81. The minimum Gasteiger partial charge on any atom is -0.481 e. The molecule has 0 aromatic carbocycles. The molecule has 1 amide bonds. The highest BCUT2D eigenvalue weighted by atomic mass is 16.4. The number of piperidine rings is 1. The van der Waals surface area contributed by atoms with Gasteiger partial charge in [-0.15, -0.1) is 0 Å². The van der Waals surface area contributed by atoms with Crippen LogP contribution in [0.15, 0.2) is 0 Å². The van der Waals surface area contributed by atoms with Crippen molar-refractivity contribution >= 4 is 11.9 Å². The molecular formula is C15H28N2O4. The predicted molar refractivity (Wildman–Crippen MR) is 79.9 cm³/mol. The summed E-state index contributed by atoms with van der Waals surface area (Å²) in [6.45, 7) is 5.74. The summed E-state index contributed by atoms with van der Waals surface area (Å²) in [6.07, 6.45) is 2.48. The van der Waals surface area contributed by atoms with Crippen molar-refractivity contribution in [3.8, 4) is 0 Å². The van der Waals surface area contributed by atoms with Crippen molar-refractivity contribution in [2.45, 2.75) is 45.6 Å². The molecule has 0 radical (unpaired) electrons. The summed E-state index contributed by atoms with van der Waals surface area (Å²) < 4.78 is 0. The van der Waals surface area contributed by atoms with Crippen LogP contribution in [0.2, 0.25) is 0 Å². The van der Waals surface area contributed by atoms with Gasteiger partial charge in [0.05, 0.1) is 18.6 Å². The van der Waals surface area contributed by atoms with Crippen LogP contribution in [-0.4, -0.2) is 59.3 Å². The summed E-state index contributed by atoms with van der Waals surface area (Å²) in [4.78, 5) is 24.6. The third-order valence-corrected chi connectivity index (χ3v) is 4.42. The lowest BCUT2D eigenvalue weighted by atomic mass is 9.96. The van der Waals surface area contributed by atoms with Crippen molar-refractivity contribution in [2.24, 2.45) is 11.8 Å². The smallest absolute Gasteiger partial charge is 0.306 e. The minimum atomic E-state index is -0.770. The minimum absolute atomic E-state index is 0.0180. The van der Waals surface area contributed by atoms with Crippen molar-refractivity contribution in [2.75, 3.05) is 26.2 Å². The van der Waals surface area contributed by atoms with Gasteiger partial charge in [0.1, 0.15) is 0 Å². The number of amides is 1. The van der Waals surface area contributed by atoms with Crippen LogP contribution in [0.3, 0.4) is 0 Å². The summed E-state index contributed by atoms with van der Waals surface area (Å²) in [6, 6.07) is 0. The second kappa shape index (κ2) is 9.00. The van der Waals surface area contributed by atoms with Crippen LogP contribution >= 0.6 is 0 Å². The van der Waals surface area contributed by atoms with E-state index in [-0.39, 0.29) is 24.3 Å². The number of carboxylic acids is 1. The van der Waals surface area contributed by atoms with Gasteiger partial charge in [0, 0.05) is 19.6 Å². The molecule has 0 spiro atoms. The number of aliphatic hydroxyl groups is 1. The van der Waals surface area contributed by atoms with E-state index in [1.165, 1.54) is 0 Å². The SMILES string of the molecule is CCC(CC)C(O)CNCC(=O)N1CCC(C(=O)O)CC1. The lowest BCUT2D eigenvalue weighted by molar-refractivity contribution is -0.145. The maximum Gasteiger partial charge on any atom is 0.306 e. The van der Waals surface area contributed by atoms with Gasteiger partial charge in [-0.25, -0.2) is 0 Å². The molecule has 1 unspecified atom stereocenters. The number of aliphatic hydroxyl groups excluding tert-OH is 1. The molecule has 21 heavy (non-hydrogen) atoms. The number of hydrogen-bond donors (Lipinski definition) is 3. The van der Waals surface area contributed by atoms with Crippen molar-refractivity contribution in [1.82, 2.24) is 10.2 Å². The number of aliphatic carboxylic acids is 1. The molecule has 1 atom stereocenters. The monoisotopic (exact) mass is 300 g/mol. The number of nitrogens with zero attached hydrogens (tertiary/aromatic N) is 1. The Hall–Kier alpha value is -1.14. The second-order valence-electron chi connectivity index (χ2n) is 5.77. The molecule has 6 nitrogen and oxygen atoms in total. The number of hydrogen-bond acceptors (Lipinski definition) is 4. The van der Waals surface area contributed by atoms with Crippen LogP contribution in [0.4, 0.5) is 0 Å². The Morgan fingerprint density at radius 1 is 1.24 bits per heavy atom. The van der Waals surface area contributed by atoms with Crippen LogP contribution in [0.5, 0.6) is 0 Å². The van der Waals surface area contributed by atoms with Crippen molar-refractivity contribution in [3.63, 3.8) is 0 Å². The molecule has 0 bridgehead atoms. The number of carboxylic acid groups (broad SMARTS) is 1. The standard InChI is InChI=1S/C15H28N2O4/c1-3-11(4-2)13(18)9-16-10-14(19)17-7-5-12(6-8-17)15(20)21/h11-13,16,18H,3-10H2,1-2H3,(H,20,21). The highest BCUT2D eigenvalue weighted by Gasteiger charge is 2.26. The number of nitrogens with one attached hydrogen (secondary N) is 1. The van der Waals surface area contributed by atoms with Gasteiger partial charge < -0.3 is 20.4 Å². The van der Waals surface area contributed by atoms with E-state index in [0.717, 1.165) is 12.8 Å². The summed E-state index contributed by atoms with van der Waals surface area (Å²) in [7, 11) is 0. The predicted octanol–water partition coefficient (Wildman–Crippen LogP) is 0.696. The maximum absolute atomic E-state index is 12.0. The van der Waals surface area contributed by atoms with Gasteiger partial charge in [-0.3, -0.25) is 9.59 Å². The highest BCUT2D eigenvalue weighted by molar-refractivity contribution is 5.78. The fraction of sp³-hybridized carbons (Fsp3) is 0.867. The largest absolute Gasteiger partial charge is 0.481 e. The van der Waals surface area contributed by atoms with Gasteiger partial charge in [0.2, 0.25) is 5.91 Å². The average Bonchev–Trinajstić information content (AvgIpc) is 2.48. The first-order valence-corrected chi connectivity index (χ1v) is 7.88. The van der Waals surface area contributed by atoms with Crippen molar-refractivity contribution in [3.05, 3.63) is 0 Å². The van der Waals surface area contributed by atoms with Crippen molar-refractivity contribution < 1.29 is 19.8 Å². The highest BCUT2D eigenvalue weighted by Crippen LogP contribution is 2.17. The van der Waals surface area contributed by atoms with Crippen LogP contribution in [0.25, 0.3) is 0 Å². The molecule has 0 aliphatic carbocycles. The summed E-state index contributed by atoms with van der Waals surface area (Å²) in [5, 5.41) is 21.9. The van der Waals surface area contributed by atoms with Gasteiger partial charge >= 0.3 is 5.97 Å². The Morgan fingerprint density at radius 2 is 1.81 bits per heavy atom. The number of carbonyl (C=O) groups excluding carboxylic acids is 1. The quantitative estimate of drug-likeness (QED) is 0.614. The number of carbonyl (C=O) groups is 2. The molecule has 1 rings (SSSR count).